The molecule has 1 aliphatic heterocycles. The van der Waals surface area contributed by atoms with Gasteiger partial charge in [0.15, 0.2) is 0 Å². The van der Waals surface area contributed by atoms with Gasteiger partial charge >= 0.3 is 0 Å². The zero-order valence-corrected chi connectivity index (χ0v) is 14.5. The lowest BCUT2D eigenvalue weighted by molar-refractivity contribution is -0.126. The third-order valence-corrected chi connectivity index (χ3v) is 5.43. The molecule has 2 aliphatic rings. The molecule has 0 radical (unpaired) electrons. The number of likely N-dealkylation sites (N-methyl/N-ethyl adjacent to an activating group) is 1. The van der Waals surface area contributed by atoms with E-state index in [1.807, 2.05) is 24.3 Å². The van der Waals surface area contributed by atoms with Crippen molar-refractivity contribution in [1.29, 1.82) is 0 Å². The predicted molar refractivity (Wildman–Crippen MR) is 94.8 cm³/mol. The van der Waals surface area contributed by atoms with E-state index in [0.717, 1.165) is 55.8 Å². The number of nitrogens with one attached hydrogen (secondary N) is 1. The van der Waals surface area contributed by atoms with Crippen molar-refractivity contribution in [2.75, 3.05) is 26.7 Å². The molecule has 1 fully saturated rings. The number of amides is 1. The van der Waals surface area contributed by atoms with Crippen LogP contribution in [0, 0.1) is 0 Å². The lowest BCUT2D eigenvalue weighted by Gasteiger charge is -2.29. The fourth-order valence-corrected chi connectivity index (χ4v) is 3.99. The van der Waals surface area contributed by atoms with Gasteiger partial charge in [0.05, 0.1) is 5.41 Å². The molecule has 0 bridgehead atoms. The van der Waals surface area contributed by atoms with Gasteiger partial charge in [-0.15, -0.1) is 0 Å². The van der Waals surface area contributed by atoms with Crippen LogP contribution in [-0.2, 0) is 10.2 Å². The van der Waals surface area contributed by atoms with E-state index in [0.29, 0.717) is 6.54 Å². The maximum absolute atomic E-state index is 13.0. The van der Waals surface area contributed by atoms with Crippen LogP contribution in [0.4, 0.5) is 0 Å². The van der Waals surface area contributed by atoms with Gasteiger partial charge in [0.2, 0.25) is 5.91 Å². The standard InChI is InChI=1S/C19H25ClN2O/c1-22-12-4-5-15(14-22)13-21-18(23)19(10-2-3-11-19)16-6-8-17(20)9-7-16/h5-9H,2-4,10-14H2,1H3,(H,21,23). The Hall–Kier alpha value is -1.32. The molecule has 0 aromatic heterocycles. The summed E-state index contributed by atoms with van der Waals surface area (Å²) in [4.78, 5) is 15.3. The van der Waals surface area contributed by atoms with E-state index in [9.17, 15) is 4.79 Å². The zero-order valence-electron chi connectivity index (χ0n) is 13.8. The van der Waals surface area contributed by atoms with Gasteiger partial charge in [0, 0.05) is 24.7 Å². The lowest BCUT2D eigenvalue weighted by atomic mass is 9.78. The van der Waals surface area contributed by atoms with Gasteiger partial charge in [-0.05, 0) is 49.6 Å². The lowest BCUT2D eigenvalue weighted by Crippen LogP contribution is -2.44. The van der Waals surface area contributed by atoms with Gasteiger partial charge in [-0.1, -0.05) is 42.7 Å². The van der Waals surface area contributed by atoms with Crippen LogP contribution in [0.1, 0.15) is 37.7 Å². The molecular formula is C19H25ClN2O. The average molecular weight is 333 g/mol. The second-order valence-corrected chi connectivity index (χ2v) is 7.30. The quantitative estimate of drug-likeness (QED) is 0.855. The van der Waals surface area contributed by atoms with Crippen molar-refractivity contribution in [3.63, 3.8) is 0 Å². The molecule has 0 spiro atoms. The maximum Gasteiger partial charge on any atom is 0.230 e. The highest BCUT2D eigenvalue weighted by atomic mass is 35.5. The van der Waals surface area contributed by atoms with Crippen LogP contribution in [0.2, 0.25) is 5.02 Å². The molecule has 1 saturated carbocycles. The molecule has 3 rings (SSSR count). The SMILES string of the molecule is CN1CCC=C(CNC(=O)C2(c3ccc(Cl)cc3)CCCC2)C1. The van der Waals surface area contributed by atoms with Crippen LogP contribution < -0.4 is 5.32 Å². The fraction of sp³-hybridized carbons (Fsp3) is 0.526. The number of nitrogens with zero attached hydrogens (tertiary/aromatic N) is 1. The van der Waals surface area contributed by atoms with Crippen LogP contribution in [0.3, 0.4) is 0 Å². The number of halogens is 1. The van der Waals surface area contributed by atoms with Crippen molar-refractivity contribution in [1.82, 2.24) is 10.2 Å². The van der Waals surface area contributed by atoms with E-state index in [4.69, 9.17) is 11.6 Å². The van der Waals surface area contributed by atoms with Crippen LogP contribution in [0.25, 0.3) is 0 Å². The van der Waals surface area contributed by atoms with Crippen LogP contribution in [0.5, 0.6) is 0 Å². The highest BCUT2D eigenvalue weighted by Crippen LogP contribution is 2.41. The van der Waals surface area contributed by atoms with Crippen LogP contribution >= 0.6 is 11.6 Å². The summed E-state index contributed by atoms with van der Waals surface area (Å²) < 4.78 is 0. The first kappa shape index (κ1) is 16.5. The Morgan fingerprint density at radius 3 is 2.61 bits per heavy atom. The summed E-state index contributed by atoms with van der Waals surface area (Å²) in [7, 11) is 2.13. The Morgan fingerprint density at radius 1 is 1.26 bits per heavy atom. The summed E-state index contributed by atoms with van der Waals surface area (Å²) in [5.41, 5.74) is 2.05. The van der Waals surface area contributed by atoms with Crippen molar-refractivity contribution >= 4 is 17.5 Å². The van der Waals surface area contributed by atoms with Crippen molar-refractivity contribution in [2.45, 2.75) is 37.5 Å². The van der Waals surface area contributed by atoms with E-state index in [2.05, 4.69) is 23.3 Å². The molecule has 1 aliphatic carbocycles. The topological polar surface area (TPSA) is 32.3 Å². The largest absolute Gasteiger partial charge is 0.352 e. The van der Waals surface area contributed by atoms with Crippen LogP contribution in [0.15, 0.2) is 35.9 Å². The molecule has 23 heavy (non-hydrogen) atoms. The molecule has 4 heteroatoms. The molecule has 1 aromatic rings. The van der Waals surface area contributed by atoms with E-state index < -0.39 is 0 Å². The second-order valence-electron chi connectivity index (χ2n) is 6.87. The Kier molecular flexibility index (Phi) is 5.08. The van der Waals surface area contributed by atoms with Crippen molar-refractivity contribution < 1.29 is 4.79 Å². The fourth-order valence-electron chi connectivity index (χ4n) is 3.86. The molecule has 1 amide bonds. The van der Waals surface area contributed by atoms with Crippen molar-refractivity contribution in [3.05, 3.63) is 46.5 Å². The molecule has 1 aromatic carbocycles. The Bertz CT molecular complexity index is 588. The van der Waals surface area contributed by atoms with Gasteiger partial charge in [0.1, 0.15) is 0 Å². The number of hydrogen-bond donors (Lipinski definition) is 1. The first-order chi connectivity index (χ1) is 11.1. The normalized spacial score (nSPS) is 21.0. The summed E-state index contributed by atoms with van der Waals surface area (Å²) in [6.07, 6.45) is 7.43. The van der Waals surface area contributed by atoms with Crippen molar-refractivity contribution in [3.8, 4) is 0 Å². The smallest absolute Gasteiger partial charge is 0.230 e. The molecule has 3 nitrogen and oxygen atoms in total. The van der Waals surface area contributed by atoms with Gasteiger partial charge < -0.3 is 10.2 Å². The minimum absolute atomic E-state index is 0.173. The summed E-state index contributed by atoms with van der Waals surface area (Å²) in [6.45, 7) is 2.72. The highest BCUT2D eigenvalue weighted by Gasteiger charge is 2.42. The summed E-state index contributed by atoms with van der Waals surface area (Å²) in [6, 6.07) is 7.81. The van der Waals surface area contributed by atoms with E-state index >= 15 is 0 Å². The summed E-state index contributed by atoms with van der Waals surface area (Å²) in [5, 5.41) is 3.92. The van der Waals surface area contributed by atoms with Gasteiger partial charge in [-0.2, -0.15) is 0 Å². The van der Waals surface area contributed by atoms with Gasteiger partial charge in [-0.25, -0.2) is 0 Å². The average Bonchev–Trinajstić information content (AvgIpc) is 3.04. The Labute approximate surface area is 143 Å². The van der Waals surface area contributed by atoms with Gasteiger partial charge in [-0.3, -0.25) is 4.79 Å². The first-order valence-electron chi connectivity index (χ1n) is 8.51. The molecule has 0 unspecified atom stereocenters. The van der Waals surface area contributed by atoms with Crippen molar-refractivity contribution in [2.24, 2.45) is 0 Å². The molecule has 0 saturated heterocycles. The third kappa shape index (κ3) is 3.61. The number of benzene rings is 1. The zero-order chi connectivity index (χ0) is 16.3. The molecular weight excluding hydrogens is 308 g/mol. The number of rotatable bonds is 4. The predicted octanol–water partition coefficient (Wildman–Crippen LogP) is 3.53. The summed E-state index contributed by atoms with van der Waals surface area (Å²) >= 11 is 6.01. The Balaban J connectivity index is 1.72. The first-order valence-corrected chi connectivity index (χ1v) is 8.89. The molecule has 124 valence electrons. The highest BCUT2D eigenvalue weighted by molar-refractivity contribution is 6.30. The van der Waals surface area contributed by atoms with Crippen LogP contribution in [-0.4, -0.2) is 37.5 Å². The maximum atomic E-state index is 13.0. The molecule has 0 atom stereocenters. The number of carbonyl (C=O) groups is 1. The van der Waals surface area contributed by atoms with E-state index in [-0.39, 0.29) is 11.3 Å². The summed E-state index contributed by atoms with van der Waals surface area (Å²) in [5.74, 6) is 0.173. The van der Waals surface area contributed by atoms with E-state index in [1.54, 1.807) is 0 Å². The number of carbonyl (C=O) groups excluding carboxylic acids is 1. The molecule has 1 heterocycles. The number of hydrogen-bond acceptors (Lipinski definition) is 2. The second kappa shape index (κ2) is 7.06. The third-order valence-electron chi connectivity index (χ3n) is 5.18. The Morgan fingerprint density at radius 2 is 1.96 bits per heavy atom. The molecule has 1 N–H and O–H groups in total. The van der Waals surface area contributed by atoms with Gasteiger partial charge in [0.25, 0.3) is 0 Å². The minimum Gasteiger partial charge on any atom is -0.352 e. The minimum atomic E-state index is -0.369. The monoisotopic (exact) mass is 332 g/mol. The van der Waals surface area contributed by atoms with E-state index in [1.165, 1.54) is 5.57 Å².